The summed E-state index contributed by atoms with van der Waals surface area (Å²) in [6, 6.07) is 12.6. The molecule has 1 amide bonds. The summed E-state index contributed by atoms with van der Waals surface area (Å²) in [5.41, 5.74) is 2.29. The smallest absolute Gasteiger partial charge is 0.228 e. The van der Waals surface area contributed by atoms with Gasteiger partial charge in [0, 0.05) is 37.1 Å². The second-order valence-corrected chi connectivity index (χ2v) is 10.5. The maximum Gasteiger partial charge on any atom is 0.228 e. The molecule has 2 aliphatic rings. The van der Waals surface area contributed by atoms with Gasteiger partial charge in [-0.25, -0.2) is 4.98 Å². The minimum absolute atomic E-state index is 0.249. The molecule has 3 aromatic rings. The van der Waals surface area contributed by atoms with Gasteiger partial charge in [0.2, 0.25) is 5.91 Å². The minimum atomic E-state index is -0.249. The number of benzene rings is 1. The number of hydrogen-bond donors (Lipinski definition) is 0. The first-order valence-electron chi connectivity index (χ1n) is 12.4. The molecular formula is C27H34N4O2S. The summed E-state index contributed by atoms with van der Waals surface area (Å²) in [5, 5.41) is 3.02. The van der Waals surface area contributed by atoms with Crippen molar-refractivity contribution in [2.75, 3.05) is 33.3 Å². The Labute approximate surface area is 206 Å². The maximum absolute atomic E-state index is 13.7. The molecule has 0 unspecified atom stereocenters. The SMILES string of the molecule is CN1CCOc2ccccc2CCCCC2(CCN(Cc3cccn3-c3nccs3)CC2)C1=O. The van der Waals surface area contributed by atoms with Gasteiger partial charge in [-0.05, 0) is 69.0 Å². The van der Waals surface area contributed by atoms with E-state index < -0.39 is 0 Å². The fraction of sp³-hybridized carbons (Fsp3) is 0.481. The number of likely N-dealkylation sites (N-methyl/N-ethyl adjacent to an activating group) is 1. The molecule has 34 heavy (non-hydrogen) atoms. The molecule has 0 radical (unpaired) electrons. The van der Waals surface area contributed by atoms with Crippen molar-refractivity contribution in [3.05, 3.63) is 65.4 Å². The number of aromatic nitrogens is 2. The quantitative estimate of drug-likeness (QED) is 0.544. The maximum atomic E-state index is 13.7. The predicted octanol–water partition coefficient (Wildman–Crippen LogP) is 4.78. The van der Waals surface area contributed by atoms with Crippen LogP contribution in [0.25, 0.3) is 5.13 Å². The minimum Gasteiger partial charge on any atom is -0.491 e. The summed E-state index contributed by atoms with van der Waals surface area (Å²) in [6.45, 7) is 3.94. The average molecular weight is 479 g/mol. The first-order valence-corrected chi connectivity index (χ1v) is 13.3. The van der Waals surface area contributed by atoms with Crippen LogP contribution in [0.3, 0.4) is 0 Å². The average Bonchev–Trinajstić information content (AvgIpc) is 3.55. The molecule has 1 fully saturated rings. The van der Waals surface area contributed by atoms with Crippen LogP contribution < -0.4 is 4.74 Å². The van der Waals surface area contributed by atoms with Crippen molar-refractivity contribution in [3.63, 3.8) is 0 Å². The second kappa shape index (κ2) is 10.3. The van der Waals surface area contributed by atoms with Crippen LogP contribution in [0.15, 0.2) is 54.2 Å². The lowest BCUT2D eigenvalue weighted by Crippen LogP contribution is -2.50. The molecule has 7 heteroatoms. The first-order chi connectivity index (χ1) is 16.6. The van der Waals surface area contributed by atoms with Crippen LogP contribution in [0, 0.1) is 5.41 Å². The lowest BCUT2D eigenvalue weighted by Gasteiger charge is -2.43. The van der Waals surface area contributed by atoms with Gasteiger partial charge >= 0.3 is 0 Å². The van der Waals surface area contributed by atoms with E-state index in [1.165, 1.54) is 11.3 Å². The molecule has 1 spiro atoms. The van der Waals surface area contributed by atoms with Crippen molar-refractivity contribution >= 4 is 17.2 Å². The van der Waals surface area contributed by atoms with Crippen molar-refractivity contribution in [1.82, 2.24) is 19.4 Å². The zero-order valence-electron chi connectivity index (χ0n) is 20.0. The van der Waals surface area contributed by atoms with E-state index in [2.05, 4.69) is 44.9 Å². The lowest BCUT2D eigenvalue weighted by atomic mass is 9.73. The van der Waals surface area contributed by atoms with E-state index in [-0.39, 0.29) is 5.41 Å². The second-order valence-electron chi connectivity index (χ2n) is 9.63. The third-order valence-electron chi connectivity index (χ3n) is 7.47. The van der Waals surface area contributed by atoms with Crippen LogP contribution in [0.5, 0.6) is 5.75 Å². The highest BCUT2D eigenvalue weighted by atomic mass is 32.1. The van der Waals surface area contributed by atoms with Gasteiger partial charge in [-0.2, -0.15) is 0 Å². The molecule has 0 aliphatic carbocycles. The highest BCUT2D eigenvalue weighted by Crippen LogP contribution is 2.39. The Morgan fingerprint density at radius 2 is 1.91 bits per heavy atom. The molecule has 180 valence electrons. The Kier molecular flexibility index (Phi) is 7.02. The number of amides is 1. The number of carbonyl (C=O) groups excluding carboxylic acids is 1. The summed E-state index contributed by atoms with van der Waals surface area (Å²) in [6.07, 6.45) is 9.93. The summed E-state index contributed by atoms with van der Waals surface area (Å²) in [4.78, 5) is 22.5. The number of nitrogens with zero attached hydrogens (tertiary/aromatic N) is 4. The summed E-state index contributed by atoms with van der Waals surface area (Å²) in [5.74, 6) is 1.27. The van der Waals surface area contributed by atoms with Gasteiger partial charge in [0.25, 0.3) is 0 Å². The molecule has 0 saturated carbocycles. The van der Waals surface area contributed by atoms with E-state index in [1.807, 2.05) is 35.7 Å². The molecule has 5 rings (SSSR count). The fourth-order valence-corrected chi connectivity index (χ4v) is 6.09. The lowest BCUT2D eigenvalue weighted by molar-refractivity contribution is -0.145. The van der Waals surface area contributed by atoms with Gasteiger partial charge in [-0.3, -0.25) is 14.3 Å². The van der Waals surface area contributed by atoms with Crippen LogP contribution in [0.4, 0.5) is 0 Å². The molecule has 0 atom stereocenters. The van der Waals surface area contributed by atoms with E-state index in [1.54, 1.807) is 11.3 Å². The van der Waals surface area contributed by atoms with Crippen molar-refractivity contribution in [3.8, 4) is 10.9 Å². The Bertz CT molecular complexity index is 1090. The van der Waals surface area contributed by atoms with Crippen LogP contribution in [0.1, 0.15) is 43.4 Å². The van der Waals surface area contributed by atoms with E-state index in [4.69, 9.17) is 4.74 Å². The van der Waals surface area contributed by atoms with Crippen LogP contribution >= 0.6 is 11.3 Å². The monoisotopic (exact) mass is 478 g/mol. The molecule has 2 aliphatic heterocycles. The predicted molar refractivity (Wildman–Crippen MR) is 136 cm³/mol. The van der Waals surface area contributed by atoms with E-state index in [9.17, 15) is 4.79 Å². The number of fused-ring (bicyclic) bond motifs is 1. The number of ether oxygens (including phenoxy) is 1. The van der Waals surface area contributed by atoms with E-state index in [0.717, 1.165) is 69.0 Å². The molecule has 0 bridgehead atoms. The molecule has 1 aromatic carbocycles. The van der Waals surface area contributed by atoms with Crippen LogP contribution in [-0.2, 0) is 17.8 Å². The molecule has 0 N–H and O–H groups in total. The molecule has 1 saturated heterocycles. The van der Waals surface area contributed by atoms with Crippen LogP contribution in [-0.4, -0.2) is 58.5 Å². The normalized spacial score (nSPS) is 19.8. The van der Waals surface area contributed by atoms with Gasteiger partial charge in [0.15, 0.2) is 5.13 Å². The number of para-hydroxylation sites is 1. The van der Waals surface area contributed by atoms with E-state index >= 15 is 0 Å². The third kappa shape index (κ3) is 4.91. The standard InChI is InChI=1S/C27H34N4O2S/c1-29-18-19-33-24-10-3-2-7-22(24)8-4-5-11-27(25(29)32)12-16-30(17-13-27)21-23-9-6-15-31(23)26-28-14-20-34-26/h2-3,6-7,9-10,14-15,20H,4-5,8,11-13,16-19,21H2,1H3. The summed E-state index contributed by atoms with van der Waals surface area (Å²) in [7, 11) is 1.94. The fourth-order valence-electron chi connectivity index (χ4n) is 5.43. The topological polar surface area (TPSA) is 50.6 Å². The number of rotatable bonds is 3. The number of hydrogen-bond acceptors (Lipinski definition) is 5. The first kappa shape index (κ1) is 23.1. The third-order valence-corrected chi connectivity index (χ3v) is 8.24. The zero-order valence-corrected chi connectivity index (χ0v) is 20.8. The summed E-state index contributed by atoms with van der Waals surface area (Å²) >= 11 is 1.65. The highest BCUT2D eigenvalue weighted by Gasteiger charge is 2.42. The molecule has 6 nitrogen and oxygen atoms in total. The van der Waals surface area contributed by atoms with Crippen molar-refractivity contribution in [2.24, 2.45) is 5.41 Å². The highest BCUT2D eigenvalue weighted by molar-refractivity contribution is 7.12. The number of thiazole rings is 1. The Morgan fingerprint density at radius 1 is 1.06 bits per heavy atom. The van der Waals surface area contributed by atoms with Gasteiger partial charge in [-0.1, -0.05) is 24.6 Å². The molecular weight excluding hydrogens is 444 g/mol. The Balaban J connectivity index is 1.25. The van der Waals surface area contributed by atoms with Gasteiger partial charge in [-0.15, -0.1) is 11.3 Å². The van der Waals surface area contributed by atoms with Crippen molar-refractivity contribution < 1.29 is 9.53 Å². The largest absolute Gasteiger partial charge is 0.491 e. The summed E-state index contributed by atoms with van der Waals surface area (Å²) < 4.78 is 8.25. The van der Waals surface area contributed by atoms with Crippen molar-refractivity contribution in [2.45, 2.75) is 45.1 Å². The number of carbonyl (C=O) groups is 1. The van der Waals surface area contributed by atoms with Gasteiger partial charge in [0.1, 0.15) is 12.4 Å². The van der Waals surface area contributed by atoms with Gasteiger partial charge in [0.05, 0.1) is 12.0 Å². The van der Waals surface area contributed by atoms with Crippen LogP contribution in [0.2, 0.25) is 0 Å². The zero-order chi connectivity index (χ0) is 23.4. The van der Waals surface area contributed by atoms with E-state index in [0.29, 0.717) is 19.1 Å². The number of likely N-dealkylation sites (tertiary alicyclic amines) is 1. The Hall–Kier alpha value is -2.64. The number of aryl methyl sites for hydroxylation is 1. The van der Waals surface area contributed by atoms with Crippen molar-refractivity contribution in [1.29, 1.82) is 0 Å². The molecule has 2 aromatic heterocycles. The Morgan fingerprint density at radius 3 is 2.74 bits per heavy atom. The number of piperidine rings is 1. The van der Waals surface area contributed by atoms with Gasteiger partial charge < -0.3 is 9.64 Å². The molecule has 4 heterocycles.